The number of nitrogens with zero attached hydrogens (tertiary/aromatic N) is 2. The second kappa shape index (κ2) is 6.42. The number of likely N-dealkylation sites (tertiary alicyclic amines) is 1. The number of sulfonamides is 1. The maximum atomic E-state index is 13.1. The zero-order chi connectivity index (χ0) is 18.4. The second-order valence-electron chi connectivity index (χ2n) is 7.22. The van der Waals surface area contributed by atoms with E-state index in [9.17, 15) is 13.2 Å². The van der Waals surface area contributed by atoms with E-state index in [2.05, 4.69) is 0 Å². The van der Waals surface area contributed by atoms with E-state index in [1.165, 1.54) is 10.4 Å². The lowest BCUT2D eigenvalue weighted by molar-refractivity contribution is -0.135. The SMILES string of the molecule is CCCN1CCC2(CCN(S(=O)(=O)c3ccc4c(c3)OCCO4)C2)C1=O. The van der Waals surface area contributed by atoms with Gasteiger partial charge in [0.25, 0.3) is 0 Å². The lowest BCUT2D eigenvalue weighted by Gasteiger charge is -2.24. The molecule has 0 aliphatic carbocycles. The van der Waals surface area contributed by atoms with Crippen LogP contribution in [0.25, 0.3) is 0 Å². The predicted octanol–water partition coefficient (Wildman–Crippen LogP) is 1.48. The molecular formula is C18H24N2O5S. The Balaban J connectivity index is 1.56. The van der Waals surface area contributed by atoms with Crippen LogP contribution in [0.5, 0.6) is 11.5 Å². The first-order chi connectivity index (χ1) is 12.5. The summed E-state index contributed by atoms with van der Waals surface area (Å²) in [7, 11) is -3.66. The fraction of sp³-hybridized carbons (Fsp3) is 0.611. The van der Waals surface area contributed by atoms with Gasteiger partial charge in [-0.1, -0.05) is 6.92 Å². The normalized spacial score (nSPS) is 26.0. The molecule has 2 saturated heterocycles. The molecule has 142 valence electrons. The van der Waals surface area contributed by atoms with Crippen LogP contribution in [0.1, 0.15) is 26.2 Å². The third-order valence-electron chi connectivity index (χ3n) is 5.56. The average molecular weight is 380 g/mol. The maximum absolute atomic E-state index is 13.1. The van der Waals surface area contributed by atoms with Crippen LogP contribution in [0, 0.1) is 5.41 Å². The van der Waals surface area contributed by atoms with E-state index in [0.29, 0.717) is 37.7 Å². The minimum Gasteiger partial charge on any atom is -0.486 e. The van der Waals surface area contributed by atoms with Crippen LogP contribution in [-0.2, 0) is 14.8 Å². The third kappa shape index (κ3) is 2.75. The Morgan fingerprint density at radius 2 is 1.85 bits per heavy atom. The Hall–Kier alpha value is -1.80. The van der Waals surface area contributed by atoms with Gasteiger partial charge in [0.05, 0.1) is 10.3 Å². The molecule has 0 aromatic heterocycles. The standard InChI is InChI=1S/C18H24N2O5S/c1-2-7-19-8-5-18(17(19)21)6-9-20(13-18)26(22,23)14-3-4-15-16(12-14)25-11-10-24-15/h3-4,12H,2,5-11,13H2,1H3. The first-order valence-electron chi connectivity index (χ1n) is 9.15. The molecular weight excluding hydrogens is 356 g/mol. The smallest absolute Gasteiger partial charge is 0.243 e. The Kier molecular flexibility index (Phi) is 4.35. The van der Waals surface area contributed by atoms with Crippen LogP contribution in [0.15, 0.2) is 23.1 Å². The largest absolute Gasteiger partial charge is 0.486 e. The van der Waals surface area contributed by atoms with Gasteiger partial charge in [0, 0.05) is 32.2 Å². The fourth-order valence-electron chi connectivity index (χ4n) is 4.13. The summed E-state index contributed by atoms with van der Waals surface area (Å²) in [5.41, 5.74) is -0.546. The molecule has 26 heavy (non-hydrogen) atoms. The van der Waals surface area contributed by atoms with E-state index in [1.54, 1.807) is 12.1 Å². The van der Waals surface area contributed by atoms with E-state index < -0.39 is 15.4 Å². The van der Waals surface area contributed by atoms with Gasteiger partial charge in [-0.3, -0.25) is 4.79 Å². The summed E-state index contributed by atoms with van der Waals surface area (Å²) in [5.74, 6) is 1.13. The van der Waals surface area contributed by atoms with Crippen molar-refractivity contribution < 1.29 is 22.7 Å². The van der Waals surface area contributed by atoms with E-state index in [0.717, 1.165) is 25.9 Å². The molecule has 1 spiro atoms. The number of fused-ring (bicyclic) bond motifs is 1. The summed E-state index contributed by atoms with van der Waals surface area (Å²) < 4.78 is 38.6. The number of carbonyl (C=O) groups is 1. The van der Waals surface area contributed by atoms with Gasteiger partial charge in [0.1, 0.15) is 13.2 Å². The summed E-state index contributed by atoms with van der Waals surface area (Å²) >= 11 is 0. The van der Waals surface area contributed by atoms with Gasteiger partial charge >= 0.3 is 0 Å². The minimum atomic E-state index is -3.66. The van der Waals surface area contributed by atoms with Gasteiger partial charge in [-0.25, -0.2) is 8.42 Å². The van der Waals surface area contributed by atoms with Crippen molar-refractivity contribution in [3.63, 3.8) is 0 Å². The third-order valence-corrected chi connectivity index (χ3v) is 7.41. The molecule has 3 aliphatic rings. The van der Waals surface area contributed by atoms with Gasteiger partial charge in [-0.2, -0.15) is 4.31 Å². The average Bonchev–Trinajstić information content (AvgIpc) is 3.22. The molecule has 3 aliphatic heterocycles. The fourth-order valence-corrected chi connectivity index (χ4v) is 5.67. The molecule has 8 heteroatoms. The van der Waals surface area contributed by atoms with Gasteiger partial charge in [0.15, 0.2) is 11.5 Å². The second-order valence-corrected chi connectivity index (χ2v) is 9.15. The van der Waals surface area contributed by atoms with E-state index in [4.69, 9.17) is 9.47 Å². The zero-order valence-electron chi connectivity index (χ0n) is 14.9. The first-order valence-corrected chi connectivity index (χ1v) is 10.6. The van der Waals surface area contributed by atoms with Crippen molar-refractivity contribution in [1.29, 1.82) is 0 Å². The van der Waals surface area contributed by atoms with Crippen molar-refractivity contribution in [1.82, 2.24) is 9.21 Å². The van der Waals surface area contributed by atoms with Crippen LogP contribution >= 0.6 is 0 Å². The van der Waals surface area contributed by atoms with Crippen molar-refractivity contribution in [3.05, 3.63) is 18.2 Å². The number of ether oxygens (including phenoxy) is 2. The number of rotatable bonds is 4. The topological polar surface area (TPSA) is 76.2 Å². The molecule has 0 bridgehead atoms. The van der Waals surface area contributed by atoms with Crippen molar-refractivity contribution in [2.45, 2.75) is 31.1 Å². The van der Waals surface area contributed by atoms with Gasteiger partial charge in [-0.05, 0) is 31.4 Å². The summed E-state index contributed by atoms with van der Waals surface area (Å²) in [6.45, 7) is 5.03. The highest BCUT2D eigenvalue weighted by Gasteiger charge is 2.52. The molecule has 2 fully saturated rings. The minimum absolute atomic E-state index is 0.110. The number of benzene rings is 1. The molecule has 1 unspecified atom stereocenters. The van der Waals surface area contributed by atoms with Gasteiger partial charge in [0.2, 0.25) is 15.9 Å². The summed E-state index contributed by atoms with van der Waals surface area (Å²) in [5, 5.41) is 0. The Bertz CT molecular complexity index is 825. The number of carbonyl (C=O) groups excluding carboxylic acids is 1. The predicted molar refractivity (Wildman–Crippen MR) is 94.7 cm³/mol. The van der Waals surface area contributed by atoms with Crippen LogP contribution in [0.3, 0.4) is 0 Å². The van der Waals surface area contributed by atoms with Crippen molar-refractivity contribution >= 4 is 15.9 Å². The monoisotopic (exact) mass is 380 g/mol. The highest BCUT2D eigenvalue weighted by Crippen LogP contribution is 2.43. The molecule has 3 heterocycles. The van der Waals surface area contributed by atoms with Gasteiger partial charge < -0.3 is 14.4 Å². The molecule has 1 atom stereocenters. The highest BCUT2D eigenvalue weighted by molar-refractivity contribution is 7.89. The summed E-state index contributed by atoms with van der Waals surface area (Å²) in [6.07, 6.45) is 2.25. The van der Waals surface area contributed by atoms with Crippen molar-refractivity contribution in [2.24, 2.45) is 5.41 Å². The maximum Gasteiger partial charge on any atom is 0.243 e. The molecule has 4 rings (SSSR count). The highest BCUT2D eigenvalue weighted by atomic mass is 32.2. The first kappa shape index (κ1) is 17.6. The van der Waals surface area contributed by atoms with E-state index in [1.807, 2.05) is 11.8 Å². The van der Waals surface area contributed by atoms with E-state index >= 15 is 0 Å². The molecule has 7 nitrogen and oxygen atoms in total. The Morgan fingerprint density at radius 3 is 2.62 bits per heavy atom. The number of hydrogen-bond donors (Lipinski definition) is 0. The molecule has 1 aromatic carbocycles. The van der Waals surface area contributed by atoms with Crippen molar-refractivity contribution in [3.8, 4) is 11.5 Å². The van der Waals surface area contributed by atoms with E-state index in [-0.39, 0.29) is 17.3 Å². The number of hydrogen-bond acceptors (Lipinski definition) is 5. The lowest BCUT2D eigenvalue weighted by atomic mass is 9.86. The van der Waals surface area contributed by atoms with Crippen LogP contribution in [0.2, 0.25) is 0 Å². The van der Waals surface area contributed by atoms with Crippen LogP contribution < -0.4 is 9.47 Å². The summed E-state index contributed by atoms with van der Waals surface area (Å²) in [4.78, 5) is 14.9. The molecule has 0 saturated carbocycles. The molecule has 1 aromatic rings. The lowest BCUT2D eigenvalue weighted by Crippen LogP contribution is -2.38. The number of amides is 1. The summed E-state index contributed by atoms with van der Waals surface area (Å²) in [6, 6.07) is 4.71. The Morgan fingerprint density at radius 1 is 1.12 bits per heavy atom. The van der Waals surface area contributed by atoms with Crippen molar-refractivity contribution in [2.75, 3.05) is 39.4 Å². The molecule has 0 N–H and O–H groups in total. The van der Waals surface area contributed by atoms with Crippen LogP contribution in [-0.4, -0.2) is 62.9 Å². The quantitative estimate of drug-likeness (QED) is 0.791. The molecule has 1 amide bonds. The van der Waals surface area contributed by atoms with Gasteiger partial charge in [-0.15, -0.1) is 0 Å². The zero-order valence-corrected chi connectivity index (χ0v) is 15.8. The molecule has 0 radical (unpaired) electrons. The van der Waals surface area contributed by atoms with Crippen LogP contribution in [0.4, 0.5) is 0 Å². The Labute approximate surface area is 153 Å².